The third-order valence-corrected chi connectivity index (χ3v) is 5.30. The van der Waals surface area contributed by atoms with Crippen LogP contribution in [-0.4, -0.2) is 60.1 Å². The van der Waals surface area contributed by atoms with Crippen molar-refractivity contribution in [3.63, 3.8) is 0 Å². The maximum atomic E-state index is 12.6. The van der Waals surface area contributed by atoms with Crippen LogP contribution in [0.4, 0.5) is 13.2 Å². The minimum absolute atomic E-state index is 0.182. The zero-order valence-electron chi connectivity index (χ0n) is 12.4. The molecule has 1 amide bonds. The fraction of sp³-hybridized carbons (Fsp3) is 0.857. The molecule has 0 bridgehead atoms. The maximum Gasteiger partial charge on any atom is 0.471 e. The Morgan fingerprint density at radius 2 is 1.65 bits per heavy atom. The zero-order valence-corrected chi connectivity index (χ0v) is 12.4. The van der Waals surface area contributed by atoms with E-state index in [1.807, 2.05) is 0 Å². The third-order valence-electron chi connectivity index (χ3n) is 5.30. The van der Waals surface area contributed by atoms with Crippen molar-refractivity contribution in [2.75, 3.05) is 26.3 Å². The van der Waals surface area contributed by atoms with Gasteiger partial charge in [0.25, 0.3) is 0 Å². The summed E-state index contributed by atoms with van der Waals surface area (Å²) >= 11 is 0. The predicted molar refractivity (Wildman–Crippen MR) is 69.3 cm³/mol. The Hall–Kier alpha value is -1.35. The van der Waals surface area contributed by atoms with E-state index in [0.717, 1.165) is 0 Å². The second kappa shape index (κ2) is 5.34. The summed E-state index contributed by atoms with van der Waals surface area (Å²) in [5.74, 6) is -4.84. The maximum absolute atomic E-state index is 12.6. The van der Waals surface area contributed by atoms with E-state index in [4.69, 9.17) is 9.47 Å². The van der Waals surface area contributed by atoms with Crippen LogP contribution in [-0.2, 0) is 19.1 Å². The normalized spacial score (nSPS) is 29.3. The first-order valence-corrected chi connectivity index (χ1v) is 7.54. The number of aliphatic carboxylic acids is 1. The van der Waals surface area contributed by atoms with Crippen molar-refractivity contribution < 1.29 is 37.3 Å². The van der Waals surface area contributed by atoms with Crippen molar-refractivity contribution in [1.29, 1.82) is 0 Å². The molecule has 1 N–H and O–H groups in total. The van der Waals surface area contributed by atoms with Gasteiger partial charge in [0.1, 0.15) is 0 Å². The lowest BCUT2D eigenvalue weighted by Gasteiger charge is -2.43. The number of alkyl halides is 3. The van der Waals surface area contributed by atoms with Crippen molar-refractivity contribution in [2.24, 2.45) is 11.3 Å². The monoisotopic (exact) mass is 337 g/mol. The van der Waals surface area contributed by atoms with E-state index >= 15 is 0 Å². The van der Waals surface area contributed by atoms with Gasteiger partial charge in [-0.2, -0.15) is 13.2 Å². The molecule has 1 unspecified atom stereocenters. The van der Waals surface area contributed by atoms with E-state index in [2.05, 4.69) is 0 Å². The summed E-state index contributed by atoms with van der Waals surface area (Å²) < 4.78 is 49.1. The van der Waals surface area contributed by atoms with Crippen LogP contribution in [0.15, 0.2) is 0 Å². The van der Waals surface area contributed by atoms with Gasteiger partial charge in [-0.05, 0) is 12.8 Å². The van der Waals surface area contributed by atoms with Gasteiger partial charge < -0.3 is 19.5 Å². The Balaban J connectivity index is 1.77. The van der Waals surface area contributed by atoms with Crippen LogP contribution >= 0.6 is 0 Å². The first-order chi connectivity index (χ1) is 10.7. The SMILES string of the molecule is O=C(O)C1CN(C(=O)C(F)(F)F)CC12CCC1(CC2)OCCO1. The topological polar surface area (TPSA) is 76.1 Å². The summed E-state index contributed by atoms with van der Waals surface area (Å²) in [5.41, 5.74) is -0.840. The molecule has 2 aliphatic heterocycles. The Morgan fingerprint density at radius 1 is 1.09 bits per heavy atom. The Kier molecular flexibility index (Phi) is 3.83. The highest BCUT2D eigenvalue weighted by Crippen LogP contribution is 2.52. The smallest absolute Gasteiger partial charge is 0.471 e. The van der Waals surface area contributed by atoms with Crippen LogP contribution in [0.3, 0.4) is 0 Å². The fourth-order valence-electron chi connectivity index (χ4n) is 4.06. The van der Waals surface area contributed by atoms with Crippen molar-refractivity contribution in [2.45, 2.75) is 37.6 Å². The lowest BCUT2D eigenvalue weighted by Crippen LogP contribution is -2.46. The van der Waals surface area contributed by atoms with Gasteiger partial charge in [0.05, 0.1) is 19.1 Å². The van der Waals surface area contributed by atoms with Crippen molar-refractivity contribution in [3.8, 4) is 0 Å². The largest absolute Gasteiger partial charge is 0.481 e. The van der Waals surface area contributed by atoms with Gasteiger partial charge in [-0.1, -0.05) is 0 Å². The molecule has 0 aromatic carbocycles. The third kappa shape index (κ3) is 2.80. The molecule has 1 aliphatic carbocycles. The van der Waals surface area contributed by atoms with Crippen molar-refractivity contribution in [1.82, 2.24) is 4.90 Å². The standard InChI is InChI=1S/C14H18F3NO5/c15-14(16,17)11(21)18-7-9(10(19)20)12(8-18)1-3-13(4-2-12)22-5-6-23-13/h9H,1-8H2,(H,19,20). The first kappa shape index (κ1) is 16.5. The van der Waals surface area contributed by atoms with Gasteiger partial charge in [0, 0.05) is 31.3 Å². The highest BCUT2D eigenvalue weighted by molar-refractivity contribution is 5.83. The number of amides is 1. The Labute approximate surface area is 130 Å². The van der Waals surface area contributed by atoms with Gasteiger partial charge in [-0.15, -0.1) is 0 Å². The molecule has 0 radical (unpaired) electrons. The molecule has 2 heterocycles. The average Bonchev–Trinajstić information content (AvgIpc) is 3.06. The molecule has 130 valence electrons. The quantitative estimate of drug-likeness (QED) is 0.783. The summed E-state index contributed by atoms with van der Waals surface area (Å²) in [6.07, 6.45) is -3.38. The average molecular weight is 337 g/mol. The van der Waals surface area contributed by atoms with Crippen LogP contribution in [0.1, 0.15) is 25.7 Å². The van der Waals surface area contributed by atoms with Gasteiger partial charge >= 0.3 is 18.1 Å². The molecule has 3 fully saturated rings. The molecule has 1 atom stereocenters. The van der Waals surface area contributed by atoms with Crippen LogP contribution in [0.25, 0.3) is 0 Å². The number of hydrogen-bond acceptors (Lipinski definition) is 4. The molecule has 2 spiro atoms. The summed E-state index contributed by atoms with van der Waals surface area (Å²) in [6, 6.07) is 0. The van der Waals surface area contributed by atoms with E-state index in [0.29, 0.717) is 43.8 Å². The zero-order chi connectivity index (χ0) is 16.9. The van der Waals surface area contributed by atoms with Gasteiger partial charge in [0.2, 0.25) is 0 Å². The second-order valence-electron chi connectivity index (χ2n) is 6.54. The minimum atomic E-state index is -4.98. The van der Waals surface area contributed by atoms with E-state index < -0.39 is 41.7 Å². The van der Waals surface area contributed by atoms with Crippen LogP contribution in [0, 0.1) is 11.3 Å². The summed E-state index contributed by atoms with van der Waals surface area (Å²) in [6.45, 7) is 0.350. The number of carbonyl (C=O) groups is 2. The predicted octanol–water partition coefficient (Wildman–Crippen LogP) is 1.40. The first-order valence-electron chi connectivity index (χ1n) is 7.54. The van der Waals surface area contributed by atoms with Gasteiger partial charge in [-0.3, -0.25) is 9.59 Å². The van der Waals surface area contributed by atoms with Crippen molar-refractivity contribution >= 4 is 11.9 Å². The molecule has 9 heteroatoms. The molecular formula is C14H18F3NO5. The highest BCUT2D eigenvalue weighted by atomic mass is 19.4. The van der Waals surface area contributed by atoms with Crippen LogP contribution in [0.5, 0.6) is 0 Å². The Morgan fingerprint density at radius 3 is 2.13 bits per heavy atom. The number of likely N-dealkylation sites (tertiary alicyclic amines) is 1. The van der Waals surface area contributed by atoms with Crippen molar-refractivity contribution in [3.05, 3.63) is 0 Å². The molecule has 3 aliphatic rings. The van der Waals surface area contributed by atoms with Gasteiger partial charge in [-0.25, -0.2) is 0 Å². The molecule has 0 aromatic heterocycles. The van der Waals surface area contributed by atoms with E-state index in [9.17, 15) is 27.9 Å². The molecule has 6 nitrogen and oxygen atoms in total. The van der Waals surface area contributed by atoms with Crippen LogP contribution in [0.2, 0.25) is 0 Å². The van der Waals surface area contributed by atoms with E-state index in [-0.39, 0.29) is 6.54 Å². The highest BCUT2D eigenvalue weighted by Gasteiger charge is 2.58. The molecular weight excluding hydrogens is 319 g/mol. The number of carbonyl (C=O) groups excluding carboxylic acids is 1. The van der Waals surface area contributed by atoms with E-state index in [1.165, 1.54) is 0 Å². The lowest BCUT2D eigenvalue weighted by molar-refractivity contribution is -0.197. The summed E-state index contributed by atoms with van der Waals surface area (Å²) in [4.78, 5) is 23.6. The second-order valence-corrected chi connectivity index (χ2v) is 6.54. The molecule has 2 saturated heterocycles. The van der Waals surface area contributed by atoms with Crippen LogP contribution < -0.4 is 0 Å². The fourth-order valence-corrected chi connectivity index (χ4v) is 4.06. The number of carboxylic acids is 1. The number of carboxylic acid groups (broad SMARTS) is 1. The lowest BCUT2D eigenvalue weighted by atomic mass is 9.66. The number of hydrogen-bond donors (Lipinski definition) is 1. The Bertz CT molecular complexity index is 505. The minimum Gasteiger partial charge on any atom is -0.481 e. The molecule has 3 rings (SSSR count). The number of ether oxygens (including phenoxy) is 2. The number of nitrogens with zero attached hydrogens (tertiary/aromatic N) is 1. The molecule has 23 heavy (non-hydrogen) atoms. The summed E-state index contributed by atoms with van der Waals surface area (Å²) in [7, 11) is 0. The summed E-state index contributed by atoms with van der Waals surface area (Å²) in [5, 5.41) is 9.41. The van der Waals surface area contributed by atoms with E-state index in [1.54, 1.807) is 0 Å². The number of rotatable bonds is 1. The molecule has 1 saturated carbocycles. The number of halogens is 3. The van der Waals surface area contributed by atoms with Gasteiger partial charge in [0.15, 0.2) is 5.79 Å². The molecule has 0 aromatic rings.